The maximum absolute atomic E-state index is 12.4. The number of allylic oxidation sites excluding steroid dienone is 1. The second-order valence-corrected chi connectivity index (χ2v) is 9.18. The summed E-state index contributed by atoms with van der Waals surface area (Å²) in [6.45, 7) is 6.65. The molecule has 10 heteroatoms. The summed E-state index contributed by atoms with van der Waals surface area (Å²) in [5.41, 5.74) is 6.36. The molecule has 0 spiro atoms. The summed E-state index contributed by atoms with van der Waals surface area (Å²) in [4.78, 5) is 23.3. The van der Waals surface area contributed by atoms with E-state index in [2.05, 4.69) is 44.2 Å². The van der Waals surface area contributed by atoms with E-state index in [4.69, 9.17) is 4.74 Å². The molecule has 0 bridgehead atoms. The molecule has 1 N–H and O–H groups in total. The number of nitrogens with zero attached hydrogens (tertiary/aromatic N) is 6. The Morgan fingerprint density at radius 2 is 1.92 bits per heavy atom. The third-order valence-electron chi connectivity index (χ3n) is 6.63. The number of hydrogen-bond donors (Lipinski definition) is 1. The van der Waals surface area contributed by atoms with Crippen LogP contribution in [0.1, 0.15) is 25.3 Å². The molecule has 3 aromatic heterocycles. The smallest absolute Gasteiger partial charge is 0.238 e. The van der Waals surface area contributed by atoms with E-state index in [9.17, 15) is 4.79 Å². The van der Waals surface area contributed by atoms with Crippen molar-refractivity contribution < 1.29 is 9.53 Å². The molecule has 1 amide bonds. The SMILES string of the molecule is C=C(C)c1cc(Nc2cnc3c(c2)N2C(=O)CC[C@H]2CO3)ncc1-c1ccc(-c2nncn2C)cc1.S. The van der Waals surface area contributed by atoms with Crippen LogP contribution in [0.15, 0.2) is 61.7 Å². The molecule has 6 rings (SSSR count). The minimum atomic E-state index is 0. The quantitative estimate of drug-likeness (QED) is 0.412. The summed E-state index contributed by atoms with van der Waals surface area (Å²) < 4.78 is 7.66. The number of rotatable bonds is 5. The van der Waals surface area contributed by atoms with Gasteiger partial charge in [0, 0.05) is 30.8 Å². The Kier molecular flexibility index (Phi) is 6.43. The first-order valence-electron chi connectivity index (χ1n) is 11.8. The number of amides is 1. The summed E-state index contributed by atoms with van der Waals surface area (Å²) in [6.07, 6.45) is 6.57. The van der Waals surface area contributed by atoms with Crippen LogP contribution >= 0.6 is 13.5 Å². The third-order valence-corrected chi connectivity index (χ3v) is 6.63. The number of pyridine rings is 2. The number of fused-ring (bicyclic) bond motifs is 3. The molecule has 37 heavy (non-hydrogen) atoms. The van der Waals surface area contributed by atoms with Crippen molar-refractivity contribution >= 4 is 42.2 Å². The highest BCUT2D eigenvalue weighted by molar-refractivity contribution is 7.59. The number of aromatic nitrogens is 5. The molecule has 4 aromatic rings. The summed E-state index contributed by atoms with van der Waals surface area (Å²) in [5, 5.41) is 11.5. The Labute approximate surface area is 221 Å². The summed E-state index contributed by atoms with van der Waals surface area (Å²) >= 11 is 0. The molecule has 2 aliphatic heterocycles. The van der Waals surface area contributed by atoms with Crippen molar-refractivity contribution in [2.75, 3.05) is 16.8 Å². The van der Waals surface area contributed by atoms with Gasteiger partial charge in [0.2, 0.25) is 11.8 Å². The number of benzene rings is 1. The van der Waals surface area contributed by atoms with Crippen molar-refractivity contribution in [2.45, 2.75) is 25.8 Å². The molecular formula is C27H27N7O2S. The lowest BCUT2D eigenvalue weighted by Gasteiger charge is -2.31. The van der Waals surface area contributed by atoms with Gasteiger partial charge in [-0.15, -0.1) is 10.2 Å². The number of anilines is 3. The molecule has 1 saturated heterocycles. The minimum absolute atomic E-state index is 0. The lowest BCUT2D eigenvalue weighted by atomic mass is 9.97. The Morgan fingerprint density at radius 1 is 1.14 bits per heavy atom. The molecule has 0 unspecified atom stereocenters. The fourth-order valence-electron chi connectivity index (χ4n) is 4.80. The normalized spacial score (nSPS) is 15.9. The summed E-state index contributed by atoms with van der Waals surface area (Å²) in [6, 6.07) is 12.1. The minimum Gasteiger partial charge on any atom is -0.474 e. The van der Waals surface area contributed by atoms with Gasteiger partial charge in [0.15, 0.2) is 5.82 Å². The van der Waals surface area contributed by atoms with Crippen LogP contribution in [0.5, 0.6) is 5.88 Å². The van der Waals surface area contributed by atoms with Crippen molar-refractivity contribution in [1.82, 2.24) is 24.7 Å². The number of hydrogen-bond acceptors (Lipinski definition) is 7. The fraction of sp³-hybridized carbons (Fsp3) is 0.222. The van der Waals surface area contributed by atoms with Crippen LogP contribution < -0.4 is 15.0 Å². The topological polar surface area (TPSA) is 98.1 Å². The standard InChI is InChI=1S/C27H25N7O2.H2S/c1-16(2)21-11-24(28-13-22(21)17-4-6-18(7-5-17)26-32-30-15-33(26)3)31-19-10-23-27(29-12-19)36-14-20-8-9-25(35)34(20)23;/h4-7,10-13,15,20H,1,8-9,14H2,2-3H3,(H,28,31);1H2/t20-;/m0./s1. The van der Waals surface area contributed by atoms with Gasteiger partial charge in [-0.2, -0.15) is 13.5 Å². The van der Waals surface area contributed by atoms with Gasteiger partial charge in [-0.25, -0.2) is 9.97 Å². The molecular weight excluding hydrogens is 486 g/mol. The van der Waals surface area contributed by atoms with Gasteiger partial charge in [0.25, 0.3) is 0 Å². The number of carbonyl (C=O) groups excluding carboxylic acids is 1. The van der Waals surface area contributed by atoms with Gasteiger partial charge < -0.3 is 19.5 Å². The number of nitrogens with one attached hydrogen (secondary N) is 1. The molecule has 1 fully saturated rings. The largest absolute Gasteiger partial charge is 0.474 e. The average molecular weight is 514 g/mol. The van der Waals surface area contributed by atoms with Crippen molar-refractivity contribution in [3.05, 3.63) is 67.3 Å². The lowest BCUT2D eigenvalue weighted by Crippen LogP contribution is -2.40. The fourth-order valence-corrected chi connectivity index (χ4v) is 4.80. The molecule has 2 aliphatic rings. The molecule has 9 nitrogen and oxygen atoms in total. The molecule has 1 atom stereocenters. The van der Waals surface area contributed by atoms with Gasteiger partial charge >= 0.3 is 0 Å². The van der Waals surface area contributed by atoms with Gasteiger partial charge in [0.05, 0.1) is 17.9 Å². The number of carbonyl (C=O) groups is 1. The van der Waals surface area contributed by atoms with Crippen LogP contribution in [0.2, 0.25) is 0 Å². The van der Waals surface area contributed by atoms with Crippen molar-refractivity contribution in [2.24, 2.45) is 7.05 Å². The van der Waals surface area contributed by atoms with Gasteiger partial charge in [-0.1, -0.05) is 36.4 Å². The Balaban J connectivity index is 0.00000280. The average Bonchev–Trinajstić information content (AvgIpc) is 3.49. The first-order chi connectivity index (χ1) is 17.5. The van der Waals surface area contributed by atoms with E-state index in [1.54, 1.807) is 12.5 Å². The zero-order valence-electron chi connectivity index (χ0n) is 20.6. The van der Waals surface area contributed by atoms with Crippen LogP contribution in [0.3, 0.4) is 0 Å². The second-order valence-electron chi connectivity index (χ2n) is 9.18. The maximum atomic E-state index is 12.4. The van der Waals surface area contributed by atoms with Crippen LogP contribution in [-0.4, -0.2) is 43.3 Å². The predicted octanol–water partition coefficient (Wildman–Crippen LogP) is 4.72. The van der Waals surface area contributed by atoms with Crippen molar-refractivity contribution in [3.63, 3.8) is 0 Å². The van der Waals surface area contributed by atoms with E-state index in [1.807, 2.05) is 53.9 Å². The van der Waals surface area contributed by atoms with E-state index in [-0.39, 0.29) is 25.4 Å². The van der Waals surface area contributed by atoms with Gasteiger partial charge in [-0.3, -0.25) is 4.79 Å². The molecule has 0 aliphatic carbocycles. The van der Waals surface area contributed by atoms with Gasteiger partial charge in [0.1, 0.15) is 24.4 Å². The van der Waals surface area contributed by atoms with E-state index in [1.165, 1.54) is 0 Å². The monoisotopic (exact) mass is 513 g/mol. The van der Waals surface area contributed by atoms with Crippen LogP contribution in [-0.2, 0) is 11.8 Å². The highest BCUT2D eigenvalue weighted by Crippen LogP contribution is 2.39. The maximum Gasteiger partial charge on any atom is 0.238 e. The van der Waals surface area contributed by atoms with E-state index in [0.29, 0.717) is 30.4 Å². The second kappa shape index (κ2) is 9.70. The summed E-state index contributed by atoms with van der Waals surface area (Å²) in [5.74, 6) is 2.07. The molecule has 0 radical (unpaired) electrons. The Hall–Kier alpha value is -4.18. The van der Waals surface area contributed by atoms with Gasteiger partial charge in [-0.05, 0) is 36.6 Å². The van der Waals surface area contributed by atoms with Crippen LogP contribution in [0, 0.1) is 0 Å². The zero-order chi connectivity index (χ0) is 24.8. The molecule has 5 heterocycles. The summed E-state index contributed by atoms with van der Waals surface area (Å²) in [7, 11) is 1.92. The Morgan fingerprint density at radius 3 is 2.65 bits per heavy atom. The lowest BCUT2D eigenvalue weighted by molar-refractivity contribution is -0.117. The Bertz CT molecular complexity index is 1500. The first-order valence-corrected chi connectivity index (χ1v) is 11.8. The van der Waals surface area contributed by atoms with Crippen molar-refractivity contribution in [3.8, 4) is 28.4 Å². The predicted molar refractivity (Wildman–Crippen MR) is 148 cm³/mol. The first kappa shape index (κ1) is 24.5. The zero-order valence-corrected chi connectivity index (χ0v) is 21.6. The van der Waals surface area contributed by atoms with E-state index < -0.39 is 0 Å². The van der Waals surface area contributed by atoms with Crippen LogP contribution in [0.25, 0.3) is 28.1 Å². The molecule has 188 valence electrons. The van der Waals surface area contributed by atoms with Crippen LogP contribution in [0.4, 0.5) is 17.2 Å². The molecule has 1 aromatic carbocycles. The van der Waals surface area contributed by atoms with Crippen molar-refractivity contribution in [1.29, 1.82) is 0 Å². The number of ether oxygens (including phenoxy) is 1. The third kappa shape index (κ3) is 4.44. The molecule has 0 saturated carbocycles. The highest BCUT2D eigenvalue weighted by Gasteiger charge is 2.38. The van der Waals surface area contributed by atoms with E-state index in [0.717, 1.165) is 45.8 Å². The van der Waals surface area contributed by atoms with E-state index >= 15 is 0 Å². The number of aryl methyl sites for hydroxylation is 1. The highest BCUT2D eigenvalue weighted by atomic mass is 32.1.